The summed E-state index contributed by atoms with van der Waals surface area (Å²) >= 11 is 0. The first-order valence-electron chi connectivity index (χ1n) is 7.78. The Kier molecular flexibility index (Phi) is 6.07. The van der Waals surface area contributed by atoms with Gasteiger partial charge in [-0.2, -0.15) is 0 Å². The van der Waals surface area contributed by atoms with E-state index in [0.29, 0.717) is 5.82 Å². The van der Waals surface area contributed by atoms with Gasteiger partial charge < -0.3 is 5.32 Å². The number of hydrogen-bond donors (Lipinski definition) is 1. The maximum Gasteiger partial charge on any atom is 0.223 e. The van der Waals surface area contributed by atoms with Crippen molar-refractivity contribution in [3.05, 3.63) is 60.2 Å². The zero-order chi connectivity index (χ0) is 15.8. The topological polar surface area (TPSA) is 54.9 Å². The van der Waals surface area contributed by atoms with Gasteiger partial charge in [-0.05, 0) is 30.9 Å². The lowest BCUT2D eigenvalue weighted by molar-refractivity contribution is -0.124. The molecule has 1 heterocycles. The van der Waals surface area contributed by atoms with Crippen LogP contribution in [0.2, 0.25) is 0 Å². The van der Waals surface area contributed by atoms with Crippen molar-refractivity contribution in [2.24, 2.45) is 5.92 Å². The van der Waals surface area contributed by atoms with Crippen LogP contribution < -0.4 is 5.32 Å². The molecule has 0 radical (unpaired) electrons. The molecule has 1 N–H and O–H groups in total. The lowest BCUT2D eigenvalue weighted by Gasteiger charge is -2.18. The van der Waals surface area contributed by atoms with Crippen LogP contribution in [0.25, 0.3) is 0 Å². The minimum atomic E-state index is -0.125. The van der Waals surface area contributed by atoms with Crippen LogP contribution in [0.4, 0.5) is 0 Å². The molecule has 4 nitrogen and oxygen atoms in total. The van der Waals surface area contributed by atoms with Gasteiger partial charge in [0, 0.05) is 18.3 Å². The third kappa shape index (κ3) is 4.95. The fourth-order valence-electron chi connectivity index (χ4n) is 2.25. The lowest BCUT2D eigenvalue weighted by atomic mass is 10.0. The van der Waals surface area contributed by atoms with E-state index in [1.807, 2.05) is 32.0 Å². The molecule has 0 aliphatic carbocycles. The van der Waals surface area contributed by atoms with Gasteiger partial charge in [-0.1, -0.05) is 44.2 Å². The highest BCUT2D eigenvalue weighted by molar-refractivity contribution is 5.78. The Morgan fingerprint density at radius 3 is 2.41 bits per heavy atom. The second kappa shape index (κ2) is 8.27. The van der Waals surface area contributed by atoms with Gasteiger partial charge in [-0.3, -0.25) is 4.79 Å². The summed E-state index contributed by atoms with van der Waals surface area (Å²) < 4.78 is 0. The number of carbonyl (C=O) groups is 1. The van der Waals surface area contributed by atoms with Crippen LogP contribution in [0.3, 0.4) is 0 Å². The molecule has 4 heteroatoms. The predicted molar refractivity (Wildman–Crippen MR) is 87.1 cm³/mol. The fourth-order valence-corrected chi connectivity index (χ4v) is 2.25. The van der Waals surface area contributed by atoms with Crippen molar-refractivity contribution in [2.75, 3.05) is 0 Å². The zero-order valence-corrected chi connectivity index (χ0v) is 13.2. The number of carbonyl (C=O) groups excluding carboxylic acids is 1. The van der Waals surface area contributed by atoms with E-state index in [1.165, 1.54) is 5.56 Å². The van der Waals surface area contributed by atoms with Crippen LogP contribution >= 0.6 is 0 Å². The summed E-state index contributed by atoms with van der Waals surface area (Å²) in [4.78, 5) is 20.6. The maximum atomic E-state index is 12.0. The van der Waals surface area contributed by atoms with Crippen LogP contribution in [-0.2, 0) is 11.2 Å². The number of nitrogens with zero attached hydrogens (tertiary/aromatic N) is 2. The summed E-state index contributed by atoms with van der Waals surface area (Å²) in [6.45, 7) is 3.78. The summed E-state index contributed by atoms with van der Waals surface area (Å²) in [5.41, 5.74) is 1.31. The van der Waals surface area contributed by atoms with Crippen LogP contribution in [0.1, 0.15) is 44.1 Å². The largest absolute Gasteiger partial charge is 0.346 e. The minimum absolute atomic E-state index is 0.0390. The molecule has 116 valence electrons. The lowest BCUT2D eigenvalue weighted by Crippen LogP contribution is -2.32. The number of hydrogen-bond acceptors (Lipinski definition) is 3. The van der Waals surface area contributed by atoms with Gasteiger partial charge in [0.25, 0.3) is 0 Å². The highest BCUT2D eigenvalue weighted by Gasteiger charge is 2.18. The van der Waals surface area contributed by atoms with E-state index in [2.05, 4.69) is 27.4 Å². The molecule has 0 spiro atoms. The molecule has 2 rings (SSSR count). The Labute approximate surface area is 132 Å². The van der Waals surface area contributed by atoms with Crippen molar-refractivity contribution in [3.8, 4) is 0 Å². The molecule has 22 heavy (non-hydrogen) atoms. The van der Waals surface area contributed by atoms with Gasteiger partial charge in [0.2, 0.25) is 5.91 Å². The first kappa shape index (κ1) is 16.1. The number of nitrogens with one attached hydrogen (secondary N) is 1. The molecule has 0 saturated heterocycles. The molecule has 0 fully saturated rings. The van der Waals surface area contributed by atoms with Gasteiger partial charge in [0.1, 0.15) is 5.82 Å². The van der Waals surface area contributed by atoms with Crippen molar-refractivity contribution in [1.29, 1.82) is 0 Å². The Morgan fingerprint density at radius 2 is 1.77 bits per heavy atom. The van der Waals surface area contributed by atoms with E-state index < -0.39 is 0 Å². The number of benzene rings is 1. The number of rotatable bonds is 7. The van der Waals surface area contributed by atoms with E-state index in [1.54, 1.807) is 18.5 Å². The van der Waals surface area contributed by atoms with Gasteiger partial charge in [0.05, 0.1) is 6.04 Å². The van der Waals surface area contributed by atoms with Crippen molar-refractivity contribution < 1.29 is 4.79 Å². The minimum Gasteiger partial charge on any atom is -0.346 e. The average Bonchev–Trinajstić information content (AvgIpc) is 2.55. The molecule has 2 aromatic rings. The molecule has 0 aliphatic heterocycles. The molecule has 0 bridgehead atoms. The summed E-state index contributed by atoms with van der Waals surface area (Å²) in [6.07, 6.45) is 6.23. The smallest absolute Gasteiger partial charge is 0.223 e. The molecule has 1 unspecified atom stereocenters. The van der Waals surface area contributed by atoms with E-state index in [4.69, 9.17) is 0 Å². The monoisotopic (exact) mass is 297 g/mol. The fraction of sp³-hybridized carbons (Fsp3) is 0.389. The molecule has 0 aliphatic rings. The molecule has 1 aromatic carbocycles. The normalized spacial score (nSPS) is 12.1. The Hall–Kier alpha value is -2.23. The van der Waals surface area contributed by atoms with Crippen molar-refractivity contribution in [3.63, 3.8) is 0 Å². The van der Waals surface area contributed by atoms with Crippen molar-refractivity contribution in [2.45, 2.75) is 39.2 Å². The second-order valence-electron chi connectivity index (χ2n) is 5.70. The Morgan fingerprint density at radius 1 is 1.09 bits per heavy atom. The third-order valence-electron chi connectivity index (χ3n) is 3.54. The van der Waals surface area contributed by atoms with Gasteiger partial charge in [-0.25, -0.2) is 9.97 Å². The quantitative estimate of drug-likeness (QED) is 0.853. The SMILES string of the molecule is CC(C)C(=O)NC(CCCc1ccccc1)c1ncccn1. The molecule has 1 aromatic heterocycles. The van der Waals surface area contributed by atoms with Crippen LogP contribution in [0, 0.1) is 5.92 Å². The Bertz CT molecular complexity index is 569. The summed E-state index contributed by atoms with van der Waals surface area (Å²) in [6, 6.07) is 12.0. The van der Waals surface area contributed by atoms with Crippen LogP contribution in [0.5, 0.6) is 0 Å². The highest BCUT2D eigenvalue weighted by Crippen LogP contribution is 2.17. The van der Waals surface area contributed by atoms with E-state index in [0.717, 1.165) is 19.3 Å². The van der Waals surface area contributed by atoms with Crippen molar-refractivity contribution in [1.82, 2.24) is 15.3 Å². The van der Waals surface area contributed by atoms with Crippen LogP contribution in [-0.4, -0.2) is 15.9 Å². The van der Waals surface area contributed by atoms with E-state index >= 15 is 0 Å². The highest BCUT2D eigenvalue weighted by atomic mass is 16.1. The van der Waals surface area contributed by atoms with Gasteiger partial charge in [0.15, 0.2) is 0 Å². The summed E-state index contributed by atoms with van der Waals surface area (Å²) in [5, 5.41) is 3.06. The molecular weight excluding hydrogens is 274 g/mol. The molecule has 1 atom stereocenters. The summed E-state index contributed by atoms with van der Waals surface area (Å²) in [7, 11) is 0. The standard InChI is InChI=1S/C18H23N3O/c1-14(2)18(22)21-16(17-19-12-7-13-20-17)11-6-10-15-8-4-3-5-9-15/h3-5,7-9,12-14,16H,6,10-11H2,1-2H3,(H,21,22). The van der Waals surface area contributed by atoms with Crippen LogP contribution in [0.15, 0.2) is 48.8 Å². The van der Waals surface area contributed by atoms with E-state index in [-0.39, 0.29) is 17.9 Å². The van der Waals surface area contributed by atoms with Crippen molar-refractivity contribution >= 4 is 5.91 Å². The Balaban J connectivity index is 1.97. The predicted octanol–water partition coefficient (Wildman–Crippen LogP) is 3.31. The van der Waals surface area contributed by atoms with Gasteiger partial charge in [-0.15, -0.1) is 0 Å². The summed E-state index contributed by atoms with van der Waals surface area (Å²) in [5.74, 6) is 0.682. The maximum absolute atomic E-state index is 12.0. The van der Waals surface area contributed by atoms with E-state index in [9.17, 15) is 4.79 Å². The number of aryl methyl sites for hydroxylation is 1. The second-order valence-corrected chi connectivity index (χ2v) is 5.70. The third-order valence-corrected chi connectivity index (χ3v) is 3.54. The average molecular weight is 297 g/mol. The molecule has 1 amide bonds. The number of amides is 1. The first-order valence-corrected chi connectivity index (χ1v) is 7.78. The zero-order valence-electron chi connectivity index (χ0n) is 13.2. The number of aromatic nitrogens is 2. The first-order chi connectivity index (χ1) is 10.7. The van der Waals surface area contributed by atoms with Gasteiger partial charge >= 0.3 is 0 Å². The molecule has 0 saturated carbocycles. The molecular formula is C18H23N3O.